The molecule has 1 heterocycles. The van der Waals surface area contributed by atoms with E-state index in [0.29, 0.717) is 24.8 Å². The fraction of sp³-hybridized carbons (Fsp3) is 0.214. The van der Waals surface area contributed by atoms with E-state index in [0.717, 1.165) is 11.1 Å². The Kier molecular flexibility index (Phi) is 4.43. The maximum Gasteiger partial charge on any atom is 0.224 e. The molecule has 2 aromatic rings. The second kappa shape index (κ2) is 6.47. The Morgan fingerprint density at radius 1 is 1.32 bits per heavy atom. The third-order valence-electron chi connectivity index (χ3n) is 2.52. The molecule has 1 N–H and O–H groups in total. The number of benzene rings is 1. The molecule has 0 radical (unpaired) electrons. The van der Waals surface area contributed by atoms with Gasteiger partial charge in [0, 0.05) is 19.9 Å². The lowest BCUT2D eigenvalue weighted by atomic mass is 10.1. The molecule has 0 fully saturated rings. The van der Waals surface area contributed by atoms with E-state index < -0.39 is 0 Å². The summed E-state index contributed by atoms with van der Waals surface area (Å²) < 4.78 is 5.09. The minimum Gasteiger partial charge on any atom is -0.380 e. The Balaban J connectivity index is 2.01. The number of ether oxygens (including phenoxy) is 1. The van der Waals surface area contributed by atoms with Gasteiger partial charge in [0.2, 0.25) is 5.95 Å². The third-order valence-corrected chi connectivity index (χ3v) is 2.52. The van der Waals surface area contributed by atoms with E-state index in [1.165, 1.54) is 0 Å². The van der Waals surface area contributed by atoms with Gasteiger partial charge in [0.15, 0.2) is 0 Å². The van der Waals surface area contributed by atoms with Crippen LogP contribution in [0.25, 0.3) is 0 Å². The van der Waals surface area contributed by atoms with Gasteiger partial charge in [0.05, 0.1) is 6.61 Å². The molecule has 0 spiro atoms. The lowest BCUT2D eigenvalue weighted by Crippen LogP contribution is -2.04. The molecule has 1 aromatic carbocycles. The van der Waals surface area contributed by atoms with Crippen LogP contribution >= 0.6 is 0 Å². The molecule has 96 valence electrons. The normalized spacial score (nSPS) is 9.89. The minimum atomic E-state index is 0.352. The first-order chi connectivity index (χ1) is 9.31. The molecule has 2 rings (SSSR count). The van der Waals surface area contributed by atoms with Crippen molar-refractivity contribution >= 4 is 5.95 Å². The van der Waals surface area contributed by atoms with Gasteiger partial charge in [0.1, 0.15) is 11.8 Å². The number of nitriles is 1. The largest absolute Gasteiger partial charge is 0.380 e. The highest BCUT2D eigenvalue weighted by atomic mass is 16.5. The highest BCUT2D eigenvalue weighted by molar-refractivity contribution is 5.32. The summed E-state index contributed by atoms with van der Waals surface area (Å²) in [6.45, 7) is 1.20. The lowest BCUT2D eigenvalue weighted by molar-refractivity contribution is 0.185. The monoisotopic (exact) mass is 254 g/mol. The molecule has 5 heteroatoms. The first-order valence-electron chi connectivity index (χ1n) is 5.85. The van der Waals surface area contributed by atoms with Crippen LogP contribution in [-0.2, 0) is 17.9 Å². The number of methoxy groups -OCH3 is 1. The summed E-state index contributed by atoms with van der Waals surface area (Å²) in [5.74, 6) is 0.455. The fourth-order valence-electron chi connectivity index (χ4n) is 1.68. The average Bonchev–Trinajstić information content (AvgIpc) is 2.46. The molecule has 0 atom stereocenters. The smallest absolute Gasteiger partial charge is 0.224 e. The quantitative estimate of drug-likeness (QED) is 0.884. The number of nitrogens with zero attached hydrogens (tertiary/aromatic N) is 3. The summed E-state index contributed by atoms with van der Waals surface area (Å²) in [5, 5.41) is 11.9. The summed E-state index contributed by atoms with van der Waals surface area (Å²) in [5.41, 5.74) is 2.58. The number of hydrogen-bond acceptors (Lipinski definition) is 5. The highest BCUT2D eigenvalue weighted by Gasteiger charge is 2.00. The van der Waals surface area contributed by atoms with Gasteiger partial charge >= 0.3 is 0 Å². The van der Waals surface area contributed by atoms with Crippen molar-refractivity contribution in [1.82, 2.24) is 9.97 Å². The summed E-state index contributed by atoms with van der Waals surface area (Å²) >= 11 is 0. The van der Waals surface area contributed by atoms with Gasteiger partial charge in [0.25, 0.3) is 0 Å². The van der Waals surface area contributed by atoms with Crippen molar-refractivity contribution in [3.05, 3.63) is 53.3 Å². The molecule has 0 saturated heterocycles. The summed E-state index contributed by atoms with van der Waals surface area (Å²) in [6, 6.07) is 11.6. The van der Waals surface area contributed by atoms with E-state index in [9.17, 15) is 0 Å². The summed E-state index contributed by atoms with van der Waals surface area (Å²) in [4.78, 5) is 8.12. The van der Waals surface area contributed by atoms with Crippen molar-refractivity contribution in [3.63, 3.8) is 0 Å². The van der Waals surface area contributed by atoms with E-state index in [4.69, 9.17) is 10.00 Å². The number of hydrogen-bond donors (Lipinski definition) is 1. The van der Waals surface area contributed by atoms with Gasteiger partial charge in [-0.3, -0.25) is 0 Å². The number of nitrogens with one attached hydrogen (secondary N) is 1. The molecule has 5 nitrogen and oxygen atoms in total. The minimum absolute atomic E-state index is 0.352. The zero-order chi connectivity index (χ0) is 13.5. The molecule has 0 aliphatic carbocycles. The van der Waals surface area contributed by atoms with E-state index >= 15 is 0 Å². The summed E-state index contributed by atoms with van der Waals surface area (Å²) in [6.07, 6.45) is 1.56. The van der Waals surface area contributed by atoms with Crippen LogP contribution in [0.2, 0.25) is 0 Å². The van der Waals surface area contributed by atoms with Crippen LogP contribution < -0.4 is 5.32 Å². The van der Waals surface area contributed by atoms with Crippen molar-refractivity contribution < 1.29 is 4.74 Å². The molecular formula is C14H14N4O. The number of aromatic nitrogens is 2. The van der Waals surface area contributed by atoms with E-state index in [1.807, 2.05) is 24.3 Å². The van der Waals surface area contributed by atoms with E-state index in [-0.39, 0.29) is 0 Å². The predicted molar refractivity (Wildman–Crippen MR) is 71.2 cm³/mol. The Bertz CT molecular complexity index is 592. The van der Waals surface area contributed by atoms with Crippen LogP contribution in [0.1, 0.15) is 16.8 Å². The van der Waals surface area contributed by atoms with Gasteiger partial charge in [-0.1, -0.05) is 24.3 Å². The zero-order valence-corrected chi connectivity index (χ0v) is 10.6. The SMILES string of the molecule is COCc1cccc(CNc2nccc(C#N)n2)c1. The molecular weight excluding hydrogens is 240 g/mol. The second-order valence-corrected chi connectivity index (χ2v) is 3.98. The van der Waals surface area contributed by atoms with Gasteiger partial charge < -0.3 is 10.1 Å². The van der Waals surface area contributed by atoms with E-state index in [2.05, 4.69) is 21.4 Å². The van der Waals surface area contributed by atoms with Crippen LogP contribution in [0, 0.1) is 11.3 Å². The first kappa shape index (κ1) is 13.0. The van der Waals surface area contributed by atoms with Crippen LogP contribution in [0.4, 0.5) is 5.95 Å². The fourth-order valence-corrected chi connectivity index (χ4v) is 1.68. The predicted octanol–water partition coefficient (Wildman–Crippen LogP) is 2.11. The van der Waals surface area contributed by atoms with Crippen LogP contribution in [0.5, 0.6) is 0 Å². The van der Waals surface area contributed by atoms with Crippen LogP contribution in [0.15, 0.2) is 36.5 Å². The van der Waals surface area contributed by atoms with Crippen molar-refractivity contribution in [2.45, 2.75) is 13.2 Å². The summed E-state index contributed by atoms with van der Waals surface area (Å²) in [7, 11) is 1.67. The van der Waals surface area contributed by atoms with Crippen LogP contribution in [-0.4, -0.2) is 17.1 Å². The van der Waals surface area contributed by atoms with Gasteiger partial charge in [-0.15, -0.1) is 0 Å². The molecule has 1 aromatic heterocycles. The Morgan fingerprint density at radius 2 is 2.16 bits per heavy atom. The Labute approximate surface area is 111 Å². The molecule has 0 aliphatic rings. The average molecular weight is 254 g/mol. The zero-order valence-electron chi connectivity index (χ0n) is 10.6. The molecule has 0 bridgehead atoms. The van der Waals surface area contributed by atoms with E-state index in [1.54, 1.807) is 19.4 Å². The van der Waals surface area contributed by atoms with Gasteiger partial charge in [-0.05, 0) is 17.2 Å². The first-order valence-corrected chi connectivity index (χ1v) is 5.85. The van der Waals surface area contributed by atoms with Gasteiger partial charge in [-0.25, -0.2) is 9.97 Å². The third kappa shape index (κ3) is 3.76. The maximum atomic E-state index is 8.76. The van der Waals surface area contributed by atoms with Crippen molar-refractivity contribution in [3.8, 4) is 6.07 Å². The second-order valence-electron chi connectivity index (χ2n) is 3.98. The topological polar surface area (TPSA) is 70.8 Å². The van der Waals surface area contributed by atoms with Crippen LogP contribution in [0.3, 0.4) is 0 Å². The number of rotatable bonds is 5. The lowest BCUT2D eigenvalue weighted by Gasteiger charge is -2.06. The standard InChI is InChI=1S/C14H14N4O/c1-19-10-12-4-2-3-11(7-12)9-17-14-16-6-5-13(8-15)18-14/h2-7H,9-10H2,1H3,(H,16,17,18). The van der Waals surface area contributed by atoms with Gasteiger partial charge in [-0.2, -0.15) is 5.26 Å². The maximum absolute atomic E-state index is 8.76. The number of anilines is 1. The molecule has 0 unspecified atom stereocenters. The molecule has 0 aliphatic heterocycles. The molecule has 19 heavy (non-hydrogen) atoms. The Morgan fingerprint density at radius 3 is 2.95 bits per heavy atom. The Hall–Kier alpha value is -2.45. The highest BCUT2D eigenvalue weighted by Crippen LogP contribution is 2.08. The molecule has 0 saturated carbocycles. The van der Waals surface area contributed by atoms with Crippen molar-refractivity contribution in [2.24, 2.45) is 0 Å². The van der Waals surface area contributed by atoms with Crippen molar-refractivity contribution in [2.75, 3.05) is 12.4 Å². The van der Waals surface area contributed by atoms with Crippen molar-refractivity contribution in [1.29, 1.82) is 5.26 Å². The molecule has 0 amide bonds.